The van der Waals surface area contributed by atoms with Gasteiger partial charge in [-0.3, -0.25) is 4.79 Å². The molecule has 0 N–H and O–H groups in total. The minimum absolute atomic E-state index is 0.0842. The highest BCUT2D eigenvalue weighted by molar-refractivity contribution is 6.10. The number of carbonyl (C=O) groups excluding carboxylic acids is 1. The van der Waals surface area contributed by atoms with Gasteiger partial charge in [-0.15, -0.1) is 0 Å². The maximum Gasteiger partial charge on any atom is 0.196 e. The number of ether oxygens (including phenoxy) is 1. The summed E-state index contributed by atoms with van der Waals surface area (Å²) in [6.45, 7) is 0. The fourth-order valence-corrected chi connectivity index (χ4v) is 2.88. The van der Waals surface area contributed by atoms with Crippen molar-refractivity contribution in [2.24, 2.45) is 0 Å². The molecule has 29 heavy (non-hydrogen) atoms. The third-order valence-corrected chi connectivity index (χ3v) is 4.37. The van der Waals surface area contributed by atoms with Crippen LogP contribution in [-0.2, 0) is 0 Å². The summed E-state index contributed by atoms with van der Waals surface area (Å²) in [7, 11) is 0. The summed E-state index contributed by atoms with van der Waals surface area (Å²) >= 11 is 0. The largest absolute Gasteiger partial charge is 0.457 e. The van der Waals surface area contributed by atoms with Crippen molar-refractivity contribution in [2.45, 2.75) is 0 Å². The van der Waals surface area contributed by atoms with Crippen LogP contribution in [0.1, 0.15) is 27.0 Å². The zero-order valence-electron chi connectivity index (χ0n) is 15.7. The molecule has 4 aromatic rings. The minimum Gasteiger partial charge on any atom is -0.457 e. The zero-order chi connectivity index (χ0) is 19.9. The molecule has 0 aliphatic carbocycles. The number of hydrogen-bond acceptors (Lipinski definition) is 2. The van der Waals surface area contributed by atoms with Crippen LogP contribution in [0.2, 0.25) is 0 Å². The van der Waals surface area contributed by atoms with E-state index in [1.165, 1.54) is 0 Å². The third-order valence-electron chi connectivity index (χ3n) is 4.37. The van der Waals surface area contributed by atoms with E-state index < -0.39 is 0 Å². The molecule has 0 bridgehead atoms. The maximum atomic E-state index is 13.0. The van der Waals surface area contributed by atoms with E-state index in [2.05, 4.69) is 11.8 Å². The van der Waals surface area contributed by atoms with Crippen LogP contribution in [0.5, 0.6) is 11.5 Å². The van der Waals surface area contributed by atoms with Gasteiger partial charge in [0.15, 0.2) is 5.78 Å². The second-order valence-electron chi connectivity index (χ2n) is 6.43. The van der Waals surface area contributed by atoms with E-state index in [0.717, 1.165) is 11.1 Å². The van der Waals surface area contributed by atoms with E-state index in [4.69, 9.17) is 4.74 Å². The molecule has 4 aromatic carbocycles. The predicted molar refractivity (Wildman–Crippen MR) is 115 cm³/mol. The lowest BCUT2D eigenvalue weighted by Crippen LogP contribution is -2.03. The number of hydrogen-bond donors (Lipinski definition) is 0. The van der Waals surface area contributed by atoms with Crippen molar-refractivity contribution in [3.63, 3.8) is 0 Å². The summed E-state index contributed by atoms with van der Waals surface area (Å²) in [5.74, 6) is 7.40. The van der Waals surface area contributed by atoms with E-state index in [9.17, 15) is 4.79 Å². The molecule has 0 fully saturated rings. The van der Waals surface area contributed by atoms with Crippen molar-refractivity contribution >= 4 is 5.78 Å². The van der Waals surface area contributed by atoms with Crippen molar-refractivity contribution in [2.75, 3.05) is 0 Å². The average Bonchev–Trinajstić information content (AvgIpc) is 2.79. The number of carbonyl (C=O) groups is 1. The Hall–Kier alpha value is -4.09. The van der Waals surface area contributed by atoms with Crippen LogP contribution in [-0.4, -0.2) is 5.78 Å². The predicted octanol–water partition coefficient (Wildman–Crippen LogP) is 6.11. The molecular formula is C27H18O2. The Morgan fingerprint density at radius 2 is 1.14 bits per heavy atom. The first-order valence-electron chi connectivity index (χ1n) is 9.33. The van der Waals surface area contributed by atoms with Crippen molar-refractivity contribution < 1.29 is 9.53 Å². The lowest BCUT2D eigenvalue weighted by molar-refractivity contribution is 0.103. The molecule has 0 amide bonds. The number of benzene rings is 4. The number of ketones is 1. The molecule has 138 valence electrons. The lowest BCUT2D eigenvalue weighted by atomic mass is 10.0. The minimum atomic E-state index is -0.0842. The van der Waals surface area contributed by atoms with Gasteiger partial charge in [0.05, 0.1) is 5.56 Å². The molecule has 4 rings (SSSR count). The first-order chi connectivity index (χ1) is 14.3. The molecule has 0 aromatic heterocycles. The Bertz CT molecular complexity index is 1170. The number of rotatable bonds is 4. The lowest BCUT2D eigenvalue weighted by Gasteiger charge is -2.10. The first kappa shape index (κ1) is 18.3. The van der Waals surface area contributed by atoms with Gasteiger partial charge in [-0.1, -0.05) is 60.4 Å². The fraction of sp³-hybridized carbons (Fsp3) is 0. The highest BCUT2D eigenvalue weighted by Gasteiger charge is 2.14. The second-order valence-corrected chi connectivity index (χ2v) is 6.43. The number of para-hydroxylation sites is 2. The summed E-state index contributed by atoms with van der Waals surface area (Å²) < 4.78 is 5.92. The van der Waals surface area contributed by atoms with Gasteiger partial charge >= 0.3 is 0 Å². The fourth-order valence-electron chi connectivity index (χ4n) is 2.88. The van der Waals surface area contributed by atoms with Crippen LogP contribution >= 0.6 is 0 Å². The molecule has 0 spiro atoms. The molecular weight excluding hydrogens is 356 g/mol. The summed E-state index contributed by atoms with van der Waals surface area (Å²) in [6.07, 6.45) is 0. The Kier molecular flexibility index (Phi) is 5.50. The van der Waals surface area contributed by atoms with Crippen LogP contribution in [0.25, 0.3) is 0 Å². The Labute approximate surface area is 170 Å². The Morgan fingerprint density at radius 1 is 0.586 bits per heavy atom. The molecule has 2 heteroatoms. The standard InChI is InChI=1S/C27H18O2/c28-27(25-13-7-8-14-26(25)29-24-11-5-2-6-12-24)23-19-17-22(18-20-23)16-15-21-9-3-1-4-10-21/h1-14,17-20H. The van der Waals surface area contributed by atoms with Crippen LogP contribution in [0, 0.1) is 11.8 Å². The van der Waals surface area contributed by atoms with Gasteiger partial charge in [-0.25, -0.2) is 0 Å². The molecule has 0 atom stereocenters. The molecule has 0 aliphatic heterocycles. The topological polar surface area (TPSA) is 26.3 Å². The summed E-state index contributed by atoms with van der Waals surface area (Å²) in [6, 6.07) is 33.9. The summed E-state index contributed by atoms with van der Waals surface area (Å²) in [5.41, 5.74) is 2.94. The Balaban J connectivity index is 1.55. The van der Waals surface area contributed by atoms with Crippen LogP contribution in [0.15, 0.2) is 109 Å². The van der Waals surface area contributed by atoms with Crippen molar-refractivity contribution in [1.29, 1.82) is 0 Å². The normalized spacial score (nSPS) is 9.93. The van der Waals surface area contributed by atoms with Gasteiger partial charge in [-0.05, 0) is 60.7 Å². The van der Waals surface area contributed by atoms with Crippen molar-refractivity contribution in [3.8, 4) is 23.3 Å². The molecule has 0 saturated carbocycles. The van der Waals surface area contributed by atoms with Gasteiger partial charge in [0, 0.05) is 16.7 Å². The van der Waals surface area contributed by atoms with Crippen molar-refractivity contribution in [1.82, 2.24) is 0 Å². The highest BCUT2D eigenvalue weighted by Crippen LogP contribution is 2.27. The van der Waals surface area contributed by atoms with Gasteiger partial charge in [-0.2, -0.15) is 0 Å². The quantitative estimate of drug-likeness (QED) is 0.318. The molecule has 2 nitrogen and oxygen atoms in total. The van der Waals surface area contributed by atoms with Gasteiger partial charge in [0.25, 0.3) is 0 Å². The van der Waals surface area contributed by atoms with Crippen molar-refractivity contribution in [3.05, 3.63) is 131 Å². The molecule has 0 heterocycles. The third kappa shape index (κ3) is 4.61. The van der Waals surface area contributed by atoms with Crippen LogP contribution in [0.3, 0.4) is 0 Å². The van der Waals surface area contributed by atoms with E-state index >= 15 is 0 Å². The highest BCUT2D eigenvalue weighted by atomic mass is 16.5. The summed E-state index contributed by atoms with van der Waals surface area (Å²) in [5, 5.41) is 0. The Morgan fingerprint density at radius 3 is 1.83 bits per heavy atom. The van der Waals surface area contributed by atoms with E-state index in [0.29, 0.717) is 22.6 Å². The monoisotopic (exact) mass is 374 g/mol. The summed E-state index contributed by atoms with van der Waals surface area (Å²) in [4.78, 5) is 13.0. The molecule has 0 aliphatic rings. The maximum absolute atomic E-state index is 13.0. The molecule has 0 unspecified atom stereocenters. The SMILES string of the molecule is O=C(c1ccc(C#Cc2ccccc2)cc1)c1ccccc1Oc1ccccc1. The van der Waals surface area contributed by atoms with Gasteiger partial charge < -0.3 is 4.74 Å². The zero-order valence-corrected chi connectivity index (χ0v) is 15.7. The molecule has 0 radical (unpaired) electrons. The second kappa shape index (κ2) is 8.73. The van der Waals surface area contributed by atoms with E-state index in [1.807, 2.05) is 84.9 Å². The van der Waals surface area contributed by atoms with Crippen LogP contribution in [0.4, 0.5) is 0 Å². The average molecular weight is 374 g/mol. The van der Waals surface area contributed by atoms with Crippen LogP contribution < -0.4 is 4.74 Å². The molecule has 0 saturated heterocycles. The van der Waals surface area contributed by atoms with Gasteiger partial charge in [0.2, 0.25) is 0 Å². The van der Waals surface area contributed by atoms with E-state index in [-0.39, 0.29) is 5.78 Å². The van der Waals surface area contributed by atoms with Gasteiger partial charge in [0.1, 0.15) is 11.5 Å². The van der Waals surface area contributed by atoms with E-state index in [1.54, 1.807) is 24.3 Å². The smallest absolute Gasteiger partial charge is 0.196 e. The first-order valence-corrected chi connectivity index (χ1v) is 9.33.